The lowest BCUT2D eigenvalue weighted by molar-refractivity contribution is 0.256. The predicted molar refractivity (Wildman–Crippen MR) is 131 cm³/mol. The summed E-state index contributed by atoms with van der Waals surface area (Å²) in [4.78, 5) is 18.2. The van der Waals surface area contributed by atoms with Crippen LogP contribution in [0.4, 0.5) is 17.2 Å². The van der Waals surface area contributed by atoms with Gasteiger partial charge in [-0.05, 0) is 67.3 Å². The molecule has 0 radical (unpaired) electrons. The van der Waals surface area contributed by atoms with E-state index in [-0.39, 0.29) is 6.04 Å². The fourth-order valence-electron chi connectivity index (χ4n) is 5.33. The number of ether oxygens (including phenoxy) is 1. The van der Waals surface area contributed by atoms with E-state index in [1.165, 1.54) is 16.8 Å². The molecular weight excluding hydrogens is 412 g/mol. The van der Waals surface area contributed by atoms with Crippen LogP contribution in [-0.4, -0.2) is 47.1 Å². The molecule has 0 fully saturated rings. The number of anilines is 3. The van der Waals surface area contributed by atoms with Gasteiger partial charge < -0.3 is 20.4 Å². The minimum atomic E-state index is -0.0755. The number of nitrogen functional groups attached to an aromatic ring is 1. The van der Waals surface area contributed by atoms with Gasteiger partial charge in [-0.25, -0.2) is 9.97 Å². The standard InChI is InChI=1S/C26H28N6O/c1-31-13-10-17-14-22(33-2)20(27)15-19(17)23(31)25-29-24-18(9-11-28-24)26(30-25)32-12-5-7-16-6-3-4-8-21(16)32/h3-4,6,8-9,11,14-15,23H,5,7,10,12-13,27H2,1-2H3,(H,28,29,30). The van der Waals surface area contributed by atoms with Gasteiger partial charge in [0.25, 0.3) is 0 Å². The van der Waals surface area contributed by atoms with Gasteiger partial charge >= 0.3 is 0 Å². The lowest BCUT2D eigenvalue weighted by Crippen LogP contribution is -2.34. The highest BCUT2D eigenvalue weighted by molar-refractivity contribution is 5.90. The number of H-pyrrole nitrogens is 1. The molecule has 168 valence electrons. The zero-order chi connectivity index (χ0) is 22.5. The van der Waals surface area contributed by atoms with Crippen molar-refractivity contribution in [1.82, 2.24) is 19.9 Å². The van der Waals surface area contributed by atoms with Crippen molar-refractivity contribution in [2.75, 3.05) is 37.9 Å². The first-order chi connectivity index (χ1) is 16.1. The van der Waals surface area contributed by atoms with Crippen LogP contribution < -0.4 is 15.4 Å². The molecule has 2 aromatic carbocycles. The lowest BCUT2D eigenvalue weighted by Gasteiger charge is -2.35. The van der Waals surface area contributed by atoms with Gasteiger partial charge in [-0.1, -0.05) is 18.2 Å². The minimum absolute atomic E-state index is 0.0755. The third kappa shape index (κ3) is 3.23. The van der Waals surface area contributed by atoms with E-state index in [4.69, 9.17) is 20.4 Å². The molecule has 6 rings (SSSR count). The molecule has 7 nitrogen and oxygen atoms in total. The third-order valence-electron chi connectivity index (χ3n) is 6.98. The molecule has 2 aromatic heterocycles. The molecule has 3 N–H and O–H groups in total. The fraction of sp³-hybridized carbons (Fsp3) is 0.308. The SMILES string of the molecule is COc1cc2c(cc1N)C(c1nc(N3CCCc4ccccc43)c3cc[nH]c3n1)N(C)CC2. The number of methoxy groups -OCH3 is 1. The Morgan fingerprint density at radius 1 is 1.06 bits per heavy atom. The summed E-state index contributed by atoms with van der Waals surface area (Å²) in [6, 6.07) is 14.7. The molecule has 0 saturated carbocycles. The number of nitrogens with zero attached hydrogens (tertiary/aromatic N) is 4. The Morgan fingerprint density at radius 3 is 2.82 bits per heavy atom. The number of likely N-dealkylation sites (N-methyl/N-ethyl adjacent to an activating group) is 1. The Hall–Kier alpha value is -3.58. The summed E-state index contributed by atoms with van der Waals surface area (Å²) in [5.41, 5.74) is 12.8. The van der Waals surface area contributed by atoms with Crippen molar-refractivity contribution < 1.29 is 4.74 Å². The summed E-state index contributed by atoms with van der Waals surface area (Å²) in [7, 11) is 3.79. The summed E-state index contributed by atoms with van der Waals surface area (Å²) in [6.07, 6.45) is 5.09. The van der Waals surface area contributed by atoms with Crippen LogP contribution in [0.3, 0.4) is 0 Å². The summed E-state index contributed by atoms with van der Waals surface area (Å²) in [5.74, 6) is 2.48. The van der Waals surface area contributed by atoms with Gasteiger partial charge in [0.15, 0.2) is 5.82 Å². The largest absolute Gasteiger partial charge is 0.495 e. The number of rotatable bonds is 3. The molecular formula is C26H28N6O. The second kappa shape index (κ2) is 7.78. The van der Waals surface area contributed by atoms with Crippen LogP contribution in [-0.2, 0) is 12.8 Å². The predicted octanol–water partition coefficient (Wildman–Crippen LogP) is 4.21. The van der Waals surface area contributed by atoms with Crippen LogP contribution in [0.25, 0.3) is 11.0 Å². The number of aryl methyl sites for hydroxylation is 1. The molecule has 2 aliphatic heterocycles. The number of aromatic nitrogens is 3. The summed E-state index contributed by atoms with van der Waals surface area (Å²) in [6.45, 7) is 1.85. The van der Waals surface area contributed by atoms with E-state index in [0.717, 1.165) is 66.3 Å². The first-order valence-electron chi connectivity index (χ1n) is 11.5. The molecule has 0 aliphatic carbocycles. The zero-order valence-electron chi connectivity index (χ0n) is 19.0. The van der Waals surface area contributed by atoms with E-state index in [9.17, 15) is 0 Å². The third-order valence-corrected chi connectivity index (χ3v) is 6.98. The highest BCUT2D eigenvalue weighted by atomic mass is 16.5. The van der Waals surface area contributed by atoms with Crippen molar-refractivity contribution in [2.45, 2.75) is 25.3 Å². The minimum Gasteiger partial charge on any atom is -0.495 e. The molecule has 4 heterocycles. The summed E-state index contributed by atoms with van der Waals surface area (Å²) in [5, 5.41) is 1.04. The number of nitrogens with one attached hydrogen (secondary N) is 1. The number of hydrogen-bond donors (Lipinski definition) is 2. The molecule has 0 bridgehead atoms. The molecule has 33 heavy (non-hydrogen) atoms. The second-order valence-corrected chi connectivity index (χ2v) is 8.96. The van der Waals surface area contributed by atoms with Gasteiger partial charge in [0.2, 0.25) is 0 Å². The highest BCUT2D eigenvalue weighted by Crippen LogP contribution is 2.40. The van der Waals surface area contributed by atoms with Gasteiger partial charge in [-0.15, -0.1) is 0 Å². The number of para-hydroxylation sites is 1. The highest BCUT2D eigenvalue weighted by Gasteiger charge is 2.32. The Labute approximate surface area is 193 Å². The smallest absolute Gasteiger partial charge is 0.154 e. The average molecular weight is 441 g/mol. The van der Waals surface area contributed by atoms with Gasteiger partial charge in [-0.3, -0.25) is 4.90 Å². The lowest BCUT2D eigenvalue weighted by atomic mass is 9.91. The van der Waals surface area contributed by atoms with Crippen LogP contribution in [0.5, 0.6) is 5.75 Å². The Bertz CT molecular complexity index is 1350. The van der Waals surface area contributed by atoms with Crippen LogP contribution in [0, 0.1) is 0 Å². The topological polar surface area (TPSA) is 83.3 Å². The van der Waals surface area contributed by atoms with E-state index in [2.05, 4.69) is 58.2 Å². The van der Waals surface area contributed by atoms with Crippen molar-refractivity contribution in [3.8, 4) is 5.75 Å². The van der Waals surface area contributed by atoms with Gasteiger partial charge in [0.1, 0.15) is 17.2 Å². The maximum atomic E-state index is 6.32. The maximum Gasteiger partial charge on any atom is 0.154 e. The molecule has 7 heteroatoms. The van der Waals surface area contributed by atoms with Gasteiger partial charge in [-0.2, -0.15) is 0 Å². The van der Waals surface area contributed by atoms with Crippen molar-refractivity contribution in [3.63, 3.8) is 0 Å². The maximum absolute atomic E-state index is 6.32. The van der Waals surface area contributed by atoms with Gasteiger partial charge in [0.05, 0.1) is 24.2 Å². The van der Waals surface area contributed by atoms with Crippen molar-refractivity contribution in [3.05, 3.63) is 71.2 Å². The average Bonchev–Trinajstić information content (AvgIpc) is 3.31. The van der Waals surface area contributed by atoms with E-state index in [1.807, 2.05) is 12.3 Å². The second-order valence-electron chi connectivity index (χ2n) is 8.96. The first kappa shape index (κ1) is 20.1. The van der Waals surface area contributed by atoms with Crippen molar-refractivity contribution in [2.24, 2.45) is 0 Å². The normalized spacial score (nSPS) is 18.2. The van der Waals surface area contributed by atoms with Crippen LogP contribution >= 0.6 is 0 Å². The van der Waals surface area contributed by atoms with E-state index in [0.29, 0.717) is 5.69 Å². The molecule has 0 spiro atoms. The molecule has 1 atom stereocenters. The Balaban J connectivity index is 1.53. The Kier molecular flexibility index (Phi) is 4.73. The van der Waals surface area contributed by atoms with E-state index in [1.54, 1.807) is 7.11 Å². The quantitative estimate of drug-likeness (QED) is 0.465. The van der Waals surface area contributed by atoms with E-state index >= 15 is 0 Å². The molecule has 2 aliphatic rings. The zero-order valence-corrected chi connectivity index (χ0v) is 19.0. The number of aromatic amines is 1. The fourth-order valence-corrected chi connectivity index (χ4v) is 5.33. The Morgan fingerprint density at radius 2 is 1.94 bits per heavy atom. The molecule has 4 aromatic rings. The summed E-state index contributed by atoms with van der Waals surface area (Å²) >= 11 is 0. The van der Waals surface area contributed by atoms with Crippen LogP contribution in [0.1, 0.15) is 35.0 Å². The monoisotopic (exact) mass is 440 g/mol. The van der Waals surface area contributed by atoms with Crippen molar-refractivity contribution >= 4 is 28.2 Å². The van der Waals surface area contributed by atoms with Crippen LogP contribution in [0.15, 0.2) is 48.7 Å². The summed E-state index contributed by atoms with van der Waals surface area (Å²) < 4.78 is 5.48. The molecule has 1 unspecified atom stereocenters. The number of benzene rings is 2. The van der Waals surface area contributed by atoms with Gasteiger partial charge in [0, 0.05) is 25.0 Å². The first-order valence-corrected chi connectivity index (χ1v) is 11.5. The van der Waals surface area contributed by atoms with Crippen LogP contribution in [0.2, 0.25) is 0 Å². The molecule has 0 amide bonds. The number of hydrogen-bond acceptors (Lipinski definition) is 6. The molecule has 0 saturated heterocycles. The van der Waals surface area contributed by atoms with Crippen molar-refractivity contribution in [1.29, 1.82) is 0 Å². The van der Waals surface area contributed by atoms with E-state index < -0.39 is 0 Å². The number of nitrogens with two attached hydrogens (primary N) is 1. The number of fused-ring (bicyclic) bond motifs is 3.